The molecule has 6 atom stereocenters. The molecule has 0 aromatic heterocycles. The molecule has 1 fully saturated rings. The summed E-state index contributed by atoms with van der Waals surface area (Å²) in [5.41, 5.74) is 3.30. The molecule has 364 valence electrons. The summed E-state index contributed by atoms with van der Waals surface area (Å²) in [6.45, 7) is 3.43. The molecule has 0 aromatic carbocycles. The third kappa shape index (κ3) is 33.7. The zero-order chi connectivity index (χ0) is 45.1. The van der Waals surface area contributed by atoms with Crippen molar-refractivity contribution < 1.29 is 49.0 Å². The molecule has 1 aliphatic heterocycles. The van der Waals surface area contributed by atoms with Crippen molar-refractivity contribution in [3.63, 3.8) is 0 Å². The Bertz CT molecular complexity index is 1080. The fourth-order valence-electron chi connectivity index (χ4n) is 8.05. The molecule has 1 saturated heterocycles. The molecule has 0 saturated carbocycles. The first-order chi connectivity index (χ1) is 30.3. The lowest BCUT2D eigenvalue weighted by molar-refractivity contribution is -0.305. The monoisotopic (exact) mass is 881 g/mol. The number of hydrogen-bond donors (Lipinski definition) is 4. The van der Waals surface area contributed by atoms with Crippen molar-refractivity contribution in [3.8, 4) is 0 Å². The van der Waals surface area contributed by atoms with Crippen LogP contribution in [0, 0.1) is 0 Å². The van der Waals surface area contributed by atoms with E-state index in [0.29, 0.717) is 6.42 Å². The van der Waals surface area contributed by atoms with Crippen molar-refractivity contribution in [3.05, 3.63) is 17.9 Å². The number of esters is 2. The maximum atomic E-state index is 12.8. The van der Waals surface area contributed by atoms with Crippen LogP contribution in [0.1, 0.15) is 245 Å². The summed E-state index contributed by atoms with van der Waals surface area (Å²) in [7, 11) is 0. The van der Waals surface area contributed by atoms with Gasteiger partial charge in [0.25, 0.3) is 0 Å². The lowest BCUT2D eigenvalue weighted by Crippen LogP contribution is -2.59. The van der Waals surface area contributed by atoms with Crippen LogP contribution in [-0.4, -0.2) is 89.0 Å². The molecule has 4 N–H and O–H groups in total. The van der Waals surface area contributed by atoms with Gasteiger partial charge in [-0.3, -0.25) is 9.59 Å². The van der Waals surface area contributed by atoms with Gasteiger partial charge in [0.2, 0.25) is 0 Å². The van der Waals surface area contributed by atoms with E-state index in [1.54, 1.807) is 0 Å². The summed E-state index contributed by atoms with van der Waals surface area (Å²) in [4.78, 5) is 25.4. The van der Waals surface area contributed by atoms with Crippen molar-refractivity contribution in [2.75, 3.05) is 19.8 Å². The topological polar surface area (TPSA) is 152 Å². The third-order valence-electron chi connectivity index (χ3n) is 12.2. The first kappa shape index (κ1) is 58.2. The van der Waals surface area contributed by atoms with Gasteiger partial charge in [0, 0.05) is 12.8 Å². The second-order valence-electron chi connectivity index (χ2n) is 18.1. The van der Waals surface area contributed by atoms with Crippen LogP contribution in [0.2, 0.25) is 0 Å². The third-order valence-corrected chi connectivity index (χ3v) is 12.2. The number of rotatable bonds is 44. The molecule has 2 unspecified atom stereocenters. The fourth-order valence-corrected chi connectivity index (χ4v) is 8.05. The second-order valence-corrected chi connectivity index (χ2v) is 18.1. The highest BCUT2D eigenvalue weighted by molar-refractivity contribution is 5.70. The Labute approximate surface area is 379 Å². The molecule has 1 rings (SSSR count). The van der Waals surface area contributed by atoms with Crippen molar-refractivity contribution in [1.82, 2.24) is 0 Å². The highest BCUT2D eigenvalue weighted by atomic mass is 16.7. The van der Waals surface area contributed by atoms with Gasteiger partial charge in [0.05, 0.1) is 13.2 Å². The summed E-state index contributed by atoms with van der Waals surface area (Å²) in [5, 5.41) is 40.2. The number of unbranched alkanes of at least 4 members (excludes halogenated alkanes) is 31. The molecule has 0 bridgehead atoms. The quantitative estimate of drug-likeness (QED) is 0.0264. The van der Waals surface area contributed by atoms with Crippen molar-refractivity contribution in [1.29, 1.82) is 0 Å². The average molecular weight is 881 g/mol. The number of carbonyl (C=O) groups is 2. The molecule has 10 heteroatoms. The van der Waals surface area contributed by atoms with E-state index in [9.17, 15) is 30.0 Å². The first-order valence-electron chi connectivity index (χ1n) is 26.0. The van der Waals surface area contributed by atoms with Crippen LogP contribution in [0.4, 0.5) is 0 Å². The van der Waals surface area contributed by atoms with E-state index >= 15 is 0 Å². The maximum Gasteiger partial charge on any atom is 0.306 e. The van der Waals surface area contributed by atoms with E-state index in [0.717, 1.165) is 57.8 Å². The molecular formula is C52H96O10. The second kappa shape index (κ2) is 43.1. The molecule has 62 heavy (non-hydrogen) atoms. The summed E-state index contributed by atoms with van der Waals surface area (Å²) in [6.07, 6.45) is 38.6. The Morgan fingerprint density at radius 1 is 0.516 bits per heavy atom. The highest BCUT2D eigenvalue weighted by Gasteiger charge is 2.44. The Kier molecular flexibility index (Phi) is 40.5. The van der Waals surface area contributed by atoms with Gasteiger partial charge in [-0.1, -0.05) is 194 Å². The number of allylic oxidation sites excluding steroid dienone is 1. The van der Waals surface area contributed by atoms with E-state index in [-0.39, 0.29) is 32.0 Å². The van der Waals surface area contributed by atoms with Crippen molar-refractivity contribution in [2.45, 2.75) is 282 Å². The Balaban J connectivity index is 2.23. The van der Waals surface area contributed by atoms with E-state index in [1.807, 2.05) is 0 Å². The molecule has 0 aliphatic carbocycles. The van der Waals surface area contributed by atoms with E-state index in [4.69, 9.17) is 18.9 Å². The minimum Gasteiger partial charge on any atom is -0.462 e. The van der Waals surface area contributed by atoms with E-state index in [1.165, 1.54) is 154 Å². The largest absolute Gasteiger partial charge is 0.462 e. The molecule has 0 spiro atoms. The molecule has 0 radical (unpaired) electrons. The number of carbonyl (C=O) groups excluding carboxylic acids is 2. The van der Waals surface area contributed by atoms with Gasteiger partial charge < -0.3 is 39.4 Å². The fraction of sp³-hybridized carbons (Fsp3) is 0.904. The molecular weight excluding hydrogens is 785 g/mol. The smallest absolute Gasteiger partial charge is 0.306 e. The maximum absolute atomic E-state index is 12.8. The van der Waals surface area contributed by atoms with Gasteiger partial charge >= 0.3 is 11.9 Å². The number of ether oxygens (including phenoxy) is 4. The number of aliphatic hydroxyl groups is 4. The van der Waals surface area contributed by atoms with Crippen LogP contribution in [-0.2, 0) is 28.5 Å². The minimum atomic E-state index is -1.60. The average Bonchev–Trinajstić information content (AvgIpc) is 3.27. The summed E-state index contributed by atoms with van der Waals surface area (Å²) >= 11 is 0. The van der Waals surface area contributed by atoms with Crippen molar-refractivity contribution in [2.24, 2.45) is 0 Å². The molecule has 1 aliphatic rings. The Hall–Kier alpha value is -1.78. The lowest BCUT2D eigenvalue weighted by atomic mass is 9.99. The number of hydrogen-bond acceptors (Lipinski definition) is 10. The Morgan fingerprint density at radius 2 is 0.903 bits per heavy atom. The van der Waals surface area contributed by atoms with Crippen LogP contribution in [0.15, 0.2) is 17.9 Å². The highest BCUT2D eigenvalue weighted by Crippen LogP contribution is 2.23. The number of aliphatic hydroxyl groups excluding tert-OH is 4. The van der Waals surface area contributed by atoms with Crippen molar-refractivity contribution >= 4 is 11.9 Å². The van der Waals surface area contributed by atoms with Gasteiger partial charge in [-0.05, 0) is 50.7 Å². The van der Waals surface area contributed by atoms with Crippen LogP contribution < -0.4 is 0 Å². The first-order valence-corrected chi connectivity index (χ1v) is 26.0. The summed E-state index contributed by atoms with van der Waals surface area (Å²) in [5.74, 6) is -0.814. The van der Waals surface area contributed by atoms with Gasteiger partial charge in [-0.15, -0.1) is 5.73 Å². The Morgan fingerprint density at radius 3 is 1.32 bits per heavy atom. The van der Waals surface area contributed by atoms with E-state index in [2.05, 4.69) is 31.7 Å². The summed E-state index contributed by atoms with van der Waals surface area (Å²) in [6, 6.07) is 0. The predicted molar refractivity (Wildman–Crippen MR) is 251 cm³/mol. The van der Waals surface area contributed by atoms with E-state index < -0.39 is 49.4 Å². The zero-order valence-electron chi connectivity index (χ0n) is 39.9. The standard InChI is InChI=1S/C52H96O10/c1-3-5-7-9-11-13-15-17-19-20-21-22-23-24-25-27-28-30-32-34-36-38-40-47(54)59-43-45(44-60-52-51(58)50(57)49(56)46(42-53)62-52)61-48(55)41-39-37-35-33-31-29-26-18-16-14-12-10-8-6-4-2/h16,26,45-46,49-53,56-58H,3-15,17,19-25,27-44H2,1-2H3/t18?,45-,46-,49+,50?,51?,52-/m0/s1. The van der Waals surface area contributed by atoms with Gasteiger partial charge in [0.1, 0.15) is 31.0 Å². The molecule has 10 nitrogen and oxygen atoms in total. The normalized spacial score (nSPS) is 19.2. The van der Waals surface area contributed by atoms with Crippen LogP contribution >= 0.6 is 0 Å². The lowest BCUT2D eigenvalue weighted by Gasteiger charge is -2.39. The molecule has 1 heterocycles. The minimum absolute atomic E-state index is 0.213. The van der Waals surface area contributed by atoms with Crippen LogP contribution in [0.3, 0.4) is 0 Å². The SMILES string of the molecule is CCCCCCCC=C=CCCCCCCCC(=O)O[C@@H](COC(=O)CCCCCCCCCCCCCCCCCCCCCCCC)CO[C@H]1O[C@@H](CO)[C@@H](O)C(O)C1O. The van der Waals surface area contributed by atoms with Crippen LogP contribution in [0.5, 0.6) is 0 Å². The summed E-state index contributed by atoms with van der Waals surface area (Å²) < 4.78 is 22.2. The van der Waals surface area contributed by atoms with Gasteiger partial charge in [-0.25, -0.2) is 0 Å². The zero-order valence-corrected chi connectivity index (χ0v) is 39.9. The van der Waals surface area contributed by atoms with Crippen LogP contribution in [0.25, 0.3) is 0 Å². The van der Waals surface area contributed by atoms with Gasteiger partial charge in [0.15, 0.2) is 12.4 Å². The molecule has 0 aromatic rings. The predicted octanol–water partition coefficient (Wildman–Crippen LogP) is 12.1. The molecule has 0 amide bonds. The van der Waals surface area contributed by atoms with Gasteiger partial charge in [-0.2, -0.15) is 0 Å².